The number of nitrogens with zero attached hydrogens (tertiary/aromatic N) is 2. The average Bonchev–Trinajstić information content (AvgIpc) is 2.38. The highest BCUT2D eigenvalue weighted by molar-refractivity contribution is 9.10. The van der Waals surface area contributed by atoms with Crippen molar-refractivity contribution in [3.63, 3.8) is 0 Å². The van der Waals surface area contributed by atoms with Gasteiger partial charge in [0.25, 0.3) is 0 Å². The Hall–Kier alpha value is -0.710. The Morgan fingerprint density at radius 1 is 1.24 bits per heavy atom. The summed E-state index contributed by atoms with van der Waals surface area (Å²) in [5.74, 6) is 0. The summed E-state index contributed by atoms with van der Waals surface area (Å²) in [4.78, 5) is 6.83. The molecule has 0 aromatic heterocycles. The van der Waals surface area contributed by atoms with Gasteiger partial charge in [-0.2, -0.15) is 0 Å². The molecule has 2 rings (SSSR count). The molecule has 0 amide bonds. The molecule has 0 radical (unpaired) electrons. The second-order valence-corrected chi connectivity index (χ2v) is 4.96. The molecule has 1 saturated heterocycles. The zero-order chi connectivity index (χ0) is 11.9. The van der Waals surface area contributed by atoms with Crippen LogP contribution in [0.1, 0.15) is 5.56 Å². The molecule has 3 nitrogen and oxygen atoms in total. The first-order valence-corrected chi connectivity index (χ1v) is 6.69. The van der Waals surface area contributed by atoms with Gasteiger partial charge >= 0.3 is 0 Å². The SMILES string of the molecule is Brc1ccc(C=NCCN2CCOCC2)cc1. The van der Waals surface area contributed by atoms with E-state index in [9.17, 15) is 0 Å². The van der Waals surface area contributed by atoms with Crippen LogP contribution in [-0.4, -0.2) is 50.5 Å². The van der Waals surface area contributed by atoms with Crippen molar-refractivity contribution < 1.29 is 4.74 Å². The quantitative estimate of drug-likeness (QED) is 0.796. The van der Waals surface area contributed by atoms with Crippen LogP contribution in [0.25, 0.3) is 0 Å². The van der Waals surface area contributed by atoms with Crippen LogP contribution in [0, 0.1) is 0 Å². The van der Waals surface area contributed by atoms with Gasteiger partial charge in [-0.1, -0.05) is 28.1 Å². The highest BCUT2D eigenvalue weighted by Gasteiger charge is 2.08. The normalized spacial score (nSPS) is 17.7. The Balaban J connectivity index is 1.72. The fourth-order valence-corrected chi connectivity index (χ4v) is 2.01. The maximum atomic E-state index is 5.30. The Kier molecular flexibility index (Phi) is 5.16. The lowest BCUT2D eigenvalue weighted by molar-refractivity contribution is 0.0395. The highest BCUT2D eigenvalue weighted by atomic mass is 79.9. The molecule has 1 fully saturated rings. The zero-order valence-corrected chi connectivity index (χ0v) is 11.4. The van der Waals surface area contributed by atoms with Crippen LogP contribution in [0.15, 0.2) is 33.7 Å². The lowest BCUT2D eigenvalue weighted by atomic mass is 10.2. The van der Waals surface area contributed by atoms with E-state index < -0.39 is 0 Å². The summed E-state index contributed by atoms with van der Waals surface area (Å²) in [6, 6.07) is 8.18. The van der Waals surface area contributed by atoms with E-state index in [4.69, 9.17) is 4.74 Å². The first-order chi connectivity index (χ1) is 8.34. The minimum Gasteiger partial charge on any atom is -0.379 e. The van der Waals surface area contributed by atoms with Crippen LogP contribution < -0.4 is 0 Å². The van der Waals surface area contributed by atoms with Crippen molar-refractivity contribution >= 4 is 22.1 Å². The number of hydrogen-bond acceptors (Lipinski definition) is 3. The monoisotopic (exact) mass is 296 g/mol. The molecular formula is C13H17BrN2O. The van der Waals surface area contributed by atoms with Crippen molar-refractivity contribution in [2.24, 2.45) is 4.99 Å². The van der Waals surface area contributed by atoms with Crippen molar-refractivity contribution in [3.05, 3.63) is 34.3 Å². The molecule has 1 aromatic carbocycles. The molecule has 0 saturated carbocycles. The van der Waals surface area contributed by atoms with Crippen molar-refractivity contribution in [3.8, 4) is 0 Å². The smallest absolute Gasteiger partial charge is 0.0594 e. The van der Waals surface area contributed by atoms with Crippen LogP contribution in [0.5, 0.6) is 0 Å². The van der Waals surface area contributed by atoms with E-state index in [-0.39, 0.29) is 0 Å². The topological polar surface area (TPSA) is 24.8 Å². The molecule has 4 heteroatoms. The molecule has 1 aromatic rings. The van der Waals surface area contributed by atoms with Gasteiger partial charge in [-0.25, -0.2) is 0 Å². The van der Waals surface area contributed by atoms with Crippen LogP contribution in [0.3, 0.4) is 0 Å². The van der Waals surface area contributed by atoms with Crippen LogP contribution in [0.4, 0.5) is 0 Å². The molecule has 0 atom stereocenters. The van der Waals surface area contributed by atoms with Crippen LogP contribution in [0.2, 0.25) is 0 Å². The number of halogens is 1. The molecule has 0 aliphatic carbocycles. The summed E-state index contributed by atoms with van der Waals surface area (Å²) in [6.07, 6.45) is 1.94. The zero-order valence-electron chi connectivity index (χ0n) is 9.81. The maximum absolute atomic E-state index is 5.30. The minimum atomic E-state index is 0.857. The van der Waals surface area contributed by atoms with E-state index in [0.717, 1.165) is 49.4 Å². The standard InChI is InChI=1S/C13H17BrN2O/c14-13-3-1-12(2-4-13)11-15-5-6-16-7-9-17-10-8-16/h1-4,11H,5-10H2. The summed E-state index contributed by atoms with van der Waals surface area (Å²) in [5, 5.41) is 0. The summed E-state index contributed by atoms with van der Waals surface area (Å²) >= 11 is 3.42. The van der Waals surface area contributed by atoms with E-state index in [1.165, 1.54) is 0 Å². The Morgan fingerprint density at radius 3 is 2.65 bits per heavy atom. The van der Waals surface area contributed by atoms with Gasteiger partial charge in [-0.3, -0.25) is 9.89 Å². The van der Waals surface area contributed by atoms with Gasteiger partial charge in [-0.15, -0.1) is 0 Å². The third kappa shape index (κ3) is 4.58. The van der Waals surface area contributed by atoms with E-state index >= 15 is 0 Å². The number of morpholine rings is 1. The average molecular weight is 297 g/mol. The summed E-state index contributed by atoms with van der Waals surface area (Å²) < 4.78 is 6.40. The van der Waals surface area contributed by atoms with Crippen LogP contribution in [-0.2, 0) is 4.74 Å². The maximum Gasteiger partial charge on any atom is 0.0594 e. The minimum absolute atomic E-state index is 0.857. The fourth-order valence-electron chi connectivity index (χ4n) is 1.74. The highest BCUT2D eigenvalue weighted by Crippen LogP contribution is 2.09. The molecule has 0 spiro atoms. The van der Waals surface area contributed by atoms with Crippen molar-refractivity contribution in [1.82, 2.24) is 4.90 Å². The molecule has 1 aliphatic heterocycles. The molecule has 0 unspecified atom stereocenters. The van der Waals surface area contributed by atoms with Crippen molar-refractivity contribution in [2.75, 3.05) is 39.4 Å². The van der Waals surface area contributed by atoms with Crippen molar-refractivity contribution in [1.29, 1.82) is 0 Å². The number of hydrogen-bond donors (Lipinski definition) is 0. The first-order valence-electron chi connectivity index (χ1n) is 5.90. The van der Waals surface area contributed by atoms with E-state index in [1.54, 1.807) is 0 Å². The van der Waals surface area contributed by atoms with Gasteiger partial charge in [0, 0.05) is 30.3 Å². The molecule has 0 bridgehead atoms. The number of rotatable bonds is 4. The molecule has 92 valence electrons. The first kappa shape index (κ1) is 12.7. The molecule has 0 N–H and O–H groups in total. The summed E-state index contributed by atoms with van der Waals surface area (Å²) in [5.41, 5.74) is 1.15. The molecular weight excluding hydrogens is 280 g/mol. The predicted octanol–water partition coefficient (Wildman–Crippen LogP) is 2.20. The van der Waals surface area contributed by atoms with Gasteiger partial charge < -0.3 is 4.74 Å². The number of benzene rings is 1. The summed E-state index contributed by atoms with van der Waals surface area (Å²) in [7, 11) is 0. The predicted molar refractivity (Wildman–Crippen MR) is 73.9 cm³/mol. The van der Waals surface area contributed by atoms with Gasteiger partial charge in [0.1, 0.15) is 0 Å². The fraction of sp³-hybridized carbons (Fsp3) is 0.462. The molecule has 1 aliphatic rings. The second-order valence-electron chi connectivity index (χ2n) is 4.04. The third-order valence-corrected chi connectivity index (χ3v) is 3.29. The Bertz CT molecular complexity index is 358. The lowest BCUT2D eigenvalue weighted by Gasteiger charge is -2.25. The Morgan fingerprint density at radius 2 is 1.94 bits per heavy atom. The van der Waals surface area contributed by atoms with Crippen molar-refractivity contribution in [2.45, 2.75) is 0 Å². The van der Waals surface area contributed by atoms with Gasteiger partial charge in [0.15, 0.2) is 0 Å². The molecule has 1 heterocycles. The second kappa shape index (κ2) is 6.89. The lowest BCUT2D eigenvalue weighted by Crippen LogP contribution is -2.37. The molecule has 17 heavy (non-hydrogen) atoms. The van der Waals surface area contributed by atoms with E-state index in [1.807, 2.05) is 18.3 Å². The Labute approximate surface area is 111 Å². The number of aliphatic imine (C=N–C) groups is 1. The van der Waals surface area contributed by atoms with Gasteiger partial charge in [0.05, 0.1) is 19.8 Å². The third-order valence-electron chi connectivity index (χ3n) is 2.76. The van der Waals surface area contributed by atoms with Crippen LogP contribution >= 0.6 is 15.9 Å². The van der Waals surface area contributed by atoms with E-state index in [2.05, 4.69) is 38.0 Å². The van der Waals surface area contributed by atoms with E-state index in [0.29, 0.717) is 0 Å². The summed E-state index contributed by atoms with van der Waals surface area (Å²) in [6.45, 7) is 5.67. The number of ether oxygens (including phenoxy) is 1. The largest absolute Gasteiger partial charge is 0.379 e. The van der Waals surface area contributed by atoms with Gasteiger partial charge in [-0.05, 0) is 17.7 Å². The van der Waals surface area contributed by atoms with Gasteiger partial charge in [0.2, 0.25) is 0 Å².